The van der Waals surface area contributed by atoms with Gasteiger partial charge in [-0.2, -0.15) is 0 Å². The molecule has 2 N–H and O–H groups in total. The highest BCUT2D eigenvalue weighted by Gasteiger charge is 2.22. The summed E-state index contributed by atoms with van der Waals surface area (Å²) in [5, 5.41) is 22.7. The highest BCUT2D eigenvalue weighted by atomic mass is 16.6. The summed E-state index contributed by atoms with van der Waals surface area (Å²) < 4.78 is 1.46. The van der Waals surface area contributed by atoms with Crippen LogP contribution >= 0.6 is 0 Å². The molecule has 1 amide bonds. The van der Waals surface area contributed by atoms with Gasteiger partial charge in [0.1, 0.15) is 11.7 Å². The van der Waals surface area contributed by atoms with Gasteiger partial charge >= 0.3 is 5.97 Å². The number of hydrogen-bond acceptors (Lipinski definition) is 5. The standard InChI is InChI=1S/C15H16N4O5/c1-2-3-11(15(21)22)17-14(20)10-4-5-12(13(8-10)19(23)24)18-7-6-16-9-18/h4-9,11H,2-3H2,1H3,(H,17,20)(H,21,22). The molecule has 126 valence electrons. The molecule has 0 saturated carbocycles. The summed E-state index contributed by atoms with van der Waals surface area (Å²) in [5.41, 5.74) is 0.00771. The summed E-state index contributed by atoms with van der Waals surface area (Å²) in [5.74, 6) is -1.81. The number of aromatic nitrogens is 2. The number of nitrogens with one attached hydrogen (secondary N) is 1. The lowest BCUT2D eigenvalue weighted by Gasteiger charge is -2.14. The maximum absolute atomic E-state index is 12.2. The van der Waals surface area contributed by atoms with Crippen molar-refractivity contribution in [3.8, 4) is 5.69 Å². The van der Waals surface area contributed by atoms with Crippen LogP contribution in [0.3, 0.4) is 0 Å². The predicted octanol–water partition coefficient (Wildman–Crippen LogP) is 1.76. The van der Waals surface area contributed by atoms with E-state index >= 15 is 0 Å². The molecule has 1 aromatic heterocycles. The van der Waals surface area contributed by atoms with E-state index in [-0.39, 0.29) is 23.4 Å². The SMILES string of the molecule is CCCC(NC(=O)c1ccc(-n2ccnc2)c([N+](=O)[O-])c1)C(=O)O. The molecule has 2 aromatic rings. The van der Waals surface area contributed by atoms with E-state index in [9.17, 15) is 19.7 Å². The van der Waals surface area contributed by atoms with Gasteiger partial charge in [0.25, 0.3) is 11.6 Å². The average Bonchev–Trinajstić information content (AvgIpc) is 3.07. The van der Waals surface area contributed by atoms with Gasteiger partial charge in [-0.15, -0.1) is 0 Å². The number of carbonyl (C=O) groups excluding carboxylic acids is 1. The Morgan fingerprint density at radius 3 is 2.75 bits per heavy atom. The first-order valence-electron chi connectivity index (χ1n) is 7.24. The Kier molecular flexibility index (Phi) is 5.25. The van der Waals surface area contributed by atoms with Gasteiger partial charge in [-0.25, -0.2) is 9.78 Å². The molecular formula is C15H16N4O5. The molecule has 2 rings (SSSR count). The number of nitrogens with zero attached hydrogens (tertiary/aromatic N) is 3. The molecule has 0 spiro atoms. The number of imidazole rings is 1. The Labute approximate surface area is 137 Å². The quantitative estimate of drug-likeness (QED) is 0.587. The van der Waals surface area contributed by atoms with Crippen molar-refractivity contribution in [3.05, 3.63) is 52.6 Å². The molecule has 0 fully saturated rings. The van der Waals surface area contributed by atoms with E-state index in [1.165, 1.54) is 29.2 Å². The third kappa shape index (κ3) is 3.75. The number of aliphatic carboxylic acids is 1. The van der Waals surface area contributed by atoms with E-state index in [2.05, 4.69) is 10.3 Å². The lowest BCUT2D eigenvalue weighted by Crippen LogP contribution is -2.40. The van der Waals surface area contributed by atoms with E-state index < -0.39 is 22.8 Å². The van der Waals surface area contributed by atoms with Crippen LogP contribution in [0.4, 0.5) is 5.69 Å². The molecule has 9 nitrogen and oxygen atoms in total. The normalized spacial score (nSPS) is 11.7. The van der Waals surface area contributed by atoms with Gasteiger partial charge in [0.15, 0.2) is 0 Å². The average molecular weight is 332 g/mol. The molecule has 1 aromatic carbocycles. The second-order valence-electron chi connectivity index (χ2n) is 5.08. The number of benzene rings is 1. The highest BCUT2D eigenvalue weighted by Crippen LogP contribution is 2.24. The van der Waals surface area contributed by atoms with Crippen molar-refractivity contribution < 1.29 is 19.6 Å². The second kappa shape index (κ2) is 7.36. The summed E-state index contributed by atoms with van der Waals surface area (Å²) in [4.78, 5) is 37.8. The van der Waals surface area contributed by atoms with Crippen molar-refractivity contribution in [2.45, 2.75) is 25.8 Å². The number of carboxylic acid groups (broad SMARTS) is 1. The van der Waals surface area contributed by atoms with Crippen LogP contribution in [0.2, 0.25) is 0 Å². The minimum Gasteiger partial charge on any atom is -0.480 e. The Hall–Kier alpha value is -3.23. The maximum atomic E-state index is 12.2. The molecule has 1 atom stereocenters. The van der Waals surface area contributed by atoms with Gasteiger partial charge in [-0.1, -0.05) is 13.3 Å². The summed E-state index contributed by atoms with van der Waals surface area (Å²) in [7, 11) is 0. The molecule has 0 aliphatic carbocycles. The second-order valence-corrected chi connectivity index (χ2v) is 5.08. The van der Waals surface area contributed by atoms with Crippen molar-refractivity contribution in [2.24, 2.45) is 0 Å². The van der Waals surface area contributed by atoms with Gasteiger partial charge in [-0.3, -0.25) is 14.9 Å². The van der Waals surface area contributed by atoms with Crippen molar-refractivity contribution in [1.29, 1.82) is 0 Å². The summed E-state index contributed by atoms with van der Waals surface area (Å²) in [6.45, 7) is 1.80. The molecule has 1 unspecified atom stereocenters. The van der Waals surface area contributed by atoms with Crippen molar-refractivity contribution >= 4 is 17.6 Å². The number of amides is 1. The van der Waals surface area contributed by atoms with Crippen LogP contribution < -0.4 is 5.32 Å². The van der Waals surface area contributed by atoms with Crippen molar-refractivity contribution in [2.75, 3.05) is 0 Å². The van der Waals surface area contributed by atoms with Crippen LogP contribution in [0.5, 0.6) is 0 Å². The van der Waals surface area contributed by atoms with Crippen LogP contribution in [0, 0.1) is 10.1 Å². The zero-order chi connectivity index (χ0) is 17.7. The summed E-state index contributed by atoms with van der Waals surface area (Å²) >= 11 is 0. The van der Waals surface area contributed by atoms with E-state index in [1.807, 2.05) is 0 Å². The molecule has 0 bridgehead atoms. The number of hydrogen-bond donors (Lipinski definition) is 2. The smallest absolute Gasteiger partial charge is 0.326 e. The van der Waals surface area contributed by atoms with E-state index in [1.54, 1.807) is 13.1 Å². The Morgan fingerprint density at radius 1 is 1.46 bits per heavy atom. The monoisotopic (exact) mass is 332 g/mol. The van der Waals surface area contributed by atoms with E-state index in [0.717, 1.165) is 6.07 Å². The van der Waals surface area contributed by atoms with Gasteiger partial charge < -0.3 is 15.0 Å². The zero-order valence-corrected chi connectivity index (χ0v) is 12.9. The molecule has 9 heteroatoms. The molecule has 24 heavy (non-hydrogen) atoms. The lowest BCUT2D eigenvalue weighted by atomic mass is 10.1. The van der Waals surface area contributed by atoms with Crippen molar-refractivity contribution in [1.82, 2.24) is 14.9 Å². The van der Waals surface area contributed by atoms with Gasteiger partial charge in [0.2, 0.25) is 0 Å². The van der Waals surface area contributed by atoms with Gasteiger partial charge in [0.05, 0.1) is 11.3 Å². The third-order valence-corrected chi connectivity index (χ3v) is 3.40. The first-order chi connectivity index (χ1) is 11.4. The van der Waals surface area contributed by atoms with E-state index in [4.69, 9.17) is 5.11 Å². The topological polar surface area (TPSA) is 127 Å². The lowest BCUT2D eigenvalue weighted by molar-refractivity contribution is -0.384. The summed E-state index contributed by atoms with van der Waals surface area (Å²) in [6, 6.07) is 2.91. The van der Waals surface area contributed by atoms with Crippen LogP contribution in [0.15, 0.2) is 36.9 Å². The number of rotatable bonds is 7. The van der Waals surface area contributed by atoms with Gasteiger partial charge in [-0.05, 0) is 18.6 Å². The fourth-order valence-electron chi connectivity index (χ4n) is 2.22. The number of carboxylic acids is 1. The molecule has 1 heterocycles. The fourth-order valence-corrected chi connectivity index (χ4v) is 2.22. The minimum absolute atomic E-state index is 0.0212. The van der Waals surface area contributed by atoms with Crippen molar-refractivity contribution in [3.63, 3.8) is 0 Å². The molecular weight excluding hydrogens is 316 g/mol. The number of nitro groups is 1. The largest absolute Gasteiger partial charge is 0.480 e. The van der Waals surface area contributed by atoms with Gasteiger partial charge in [0, 0.05) is 24.0 Å². The first kappa shape index (κ1) is 17.1. The maximum Gasteiger partial charge on any atom is 0.326 e. The summed E-state index contributed by atoms with van der Waals surface area (Å²) in [6.07, 6.45) is 5.29. The van der Waals surface area contributed by atoms with E-state index in [0.29, 0.717) is 6.42 Å². The van der Waals surface area contributed by atoms with Crippen LogP contribution in [0.1, 0.15) is 30.1 Å². The third-order valence-electron chi connectivity index (χ3n) is 3.40. The zero-order valence-electron chi connectivity index (χ0n) is 12.9. The van der Waals surface area contributed by atoms with Crippen LogP contribution in [0.25, 0.3) is 5.69 Å². The molecule has 0 radical (unpaired) electrons. The first-order valence-corrected chi connectivity index (χ1v) is 7.24. The van der Waals surface area contributed by atoms with Crippen LogP contribution in [-0.2, 0) is 4.79 Å². The molecule has 0 aliphatic heterocycles. The fraction of sp³-hybridized carbons (Fsp3) is 0.267. The highest BCUT2D eigenvalue weighted by molar-refractivity contribution is 5.97. The molecule has 0 saturated heterocycles. The Balaban J connectivity index is 2.31. The Morgan fingerprint density at radius 2 is 2.21 bits per heavy atom. The molecule has 0 aliphatic rings. The number of carbonyl (C=O) groups is 2. The minimum atomic E-state index is -1.14. The Bertz CT molecular complexity index is 757. The van der Waals surface area contributed by atoms with Crippen LogP contribution in [-0.4, -0.2) is 37.5 Å². The number of nitro benzene ring substituents is 1. The predicted molar refractivity (Wildman–Crippen MR) is 84.0 cm³/mol.